The molecule has 0 aliphatic carbocycles. The maximum absolute atomic E-state index is 11.0. The maximum atomic E-state index is 11.0. The van der Waals surface area contributed by atoms with Crippen LogP contribution in [0.15, 0.2) is 0 Å². The number of carbonyl (C=O) groups excluding carboxylic acids is 1. The highest BCUT2D eigenvalue weighted by molar-refractivity contribution is 5.76. The van der Waals surface area contributed by atoms with Crippen LogP contribution in [0.25, 0.3) is 0 Å². The number of aliphatic hydroxyl groups is 1. The van der Waals surface area contributed by atoms with E-state index in [2.05, 4.69) is 0 Å². The summed E-state index contributed by atoms with van der Waals surface area (Å²) in [7, 11) is 0. The van der Waals surface area contributed by atoms with Crippen LogP contribution in [0.1, 0.15) is 41.5 Å². The molecule has 0 fully saturated rings. The van der Waals surface area contributed by atoms with Crippen LogP contribution < -0.4 is 5.73 Å². The van der Waals surface area contributed by atoms with Crippen LogP contribution >= 0.6 is 0 Å². The average molecular weight is 260 g/mol. The largest absolute Gasteiger partial charge is 0.389 e. The van der Waals surface area contributed by atoms with Gasteiger partial charge in [-0.1, -0.05) is 0 Å². The van der Waals surface area contributed by atoms with E-state index in [1.54, 1.807) is 0 Å². The van der Waals surface area contributed by atoms with E-state index in [4.69, 9.17) is 10.5 Å². The second kappa shape index (κ2) is 6.50. The topological polar surface area (TPSA) is 75.8 Å². The smallest absolute Gasteiger partial charge is 0.231 e. The van der Waals surface area contributed by atoms with Gasteiger partial charge in [0.1, 0.15) is 0 Å². The van der Waals surface area contributed by atoms with Gasteiger partial charge >= 0.3 is 0 Å². The first-order valence-electron chi connectivity index (χ1n) is 6.27. The molecule has 0 aliphatic rings. The van der Waals surface area contributed by atoms with Crippen molar-refractivity contribution in [2.24, 2.45) is 5.73 Å². The highest BCUT2D eigenvalue weighted by Crippen LogP contribution is 2.14. The third kappa shape index (κ3) is 8.44. The Balaban J connectivity index is 4.36. The molecule has 1 unspecified atom stereocenters. The van der Waals surface area contributed by atoms with Gasteiger partial charge in [-0.05, 0) is 41.5 Å². The molecule has 5 heteroatoms. The first kappa shape index (κ1) is 17.4. The van der Waals surface area contributed by atoms with Gasteiger partial charge in [0.2, 0.25) is 5.91 Å². The standard InChI is InChI=1S/C13H28N2O3/c1-12(2,3)15(8-11(14)17)7-10(16)9-18-13(4,5)6/h10,16H,7-9H2,1-6H3,(H2,14,17). The Bertz CT molecular complexity index is 266. The van der Waals surface area contributed by atoms with Gasteiger partial charge in [-0.15, -0.1) is 0 Å². The molecular weight excluding hydrogens is 232 g/mol. The average Bonchev–Trinajstić information content (AvgIpc) is 2.10. The molecule has 0 heterocycles. The summed E-state index contributed by atoms with van der Waals surface area (Å²) in [6.07, 6.45) is -0.636. The highest BCUT2D eigenvalue weighted by atomic mass is 16.5. The Morgan fingerprint density at radius 1 is 1.28 bits per heavy atom. The van der Waals surface area contributed by atoms with Crippen LogP contribution in [0.3, 0.4) is 0 Å². The minimum atomic E-state index is -0.636. The van der Waals surface area contributed by atoms with Crippen LogP contribution in [-0.2, 0) is 9.53 Å². The molecule has 5 nitrogen and oxygen atoms in total. The molecule has 0 bridgehead atoms. The second-order valence-corrected chi connectivity index (χ2v) is 6.59. The summed E-state index contributed by atoms with van der Waals surface area (Å²) in [4.78, 5) is 12.9. The van der Waals surface area contributed by atoms with Crippen LogP contribution in [-0.4, -0.2) is 52.9 Å². The van der Waals surface area contributed by atoms with Gasteiger partial charge in [0.15, 0.2) is 0 Å². The molecule has 0 aromatic rings. The third-order valence-electron chi connectivity index (χ3n) is 2.44. The van der Waals surface area contributed by atoms with Crippen molar-refractivity contribution in [2.75, 3.05) is 19.7 Å². The van der Waals surface area contributed by atoms with Crippen molar-refractivity contribution < 1.29 is 14.6 Å². The predicted octanol–water partition coefficient (Wildman–Crippen LogP) is 0.748. The lowest BCUT2D eigenvalue weighted by Crippen LogP contribution is -2.50. The van der Waals surface area contributed by atoms with Gasteiger partial charge in [0.25, 0.3) is 0 Å². The Hall–Kier alpha value is -0.650. The second-order valence-electron chi connectivity index (χ2n) is 6.59. The Morgan fingerprint density at radius 2 is 1.78 bits per heavy atom. The predicted molar refractivity (Wildman–Crippen MR) is 72.2 cm³/mol. The quantitative estimate of drug-likeness (QED) is 0.739. The van der Waals surface area contributed by atoms with E-state index in [-0.39, 0.29) is 24.3 Å². The van der Waals surface area contributed by atoms with E-state index < -0.39 is 12.0 Å². The van der Waals surface area contributed by atoms with Crippen molar-refractivity contribution >= 4 is 5.91 Å². The summed E-state index contributed by atoms with van der Waals surface area (Å²) < 4.78 is 5.52. The minimum absolute atomic E-state index is 0.135. The first-order valence-corrected chi connectivity index (χ1v) is 6.27. The molecule has 3 N–H and O–H groups in total. The number of nitrogens with zero attached hydrogens (tertiary/aromatic N) is 1. The summed E-state index contributed by atoms with van der Waals surface area (Å²) in [5, 5.41) is 9.94. The van der Waals surface area contributed by atoms with Gasteiger partial charge in [0.05, 0.1) is 24.9 Å². The summed E-state index contributed by atoms with van der Waals surface area (Å²) in [6, 6.07) is 0. The fourth-order valence-electron chi connectivity index (χ4n) is 1.42. The van der Waals surface area contributed by atoms with Gasteiger partial charge in [0, 0.05) is 12.1 Å². The fraction of sp³-hybridized carbons (Fsp3) is 0.923. The summed E-state index contributed by atoms with van der Waals surface area (Å²) in [6.45, 7) is 12.5. The Labute approximate surface area is 110 Å². The molecule has 0 radical (unpaired) electrons. The van der Waals surface area contributed by atoms with Gasteiger partial charge in [-0.25, -0.2) is 0 Å². The Morgan fingerprint density at radius 3 is 2.11 bits per heavy atom. The number of β-amino-alcohol motifs (C(OH)–C–C–N with tert-alkyl or cyclic N) is 1. The van der Waals surface area contributed by atoms with E-state index in [9.17, 15) is 9.90 Å². The zero-order valence-corrected chi connectivity index (χ0v) is 12.5. The molecule has 0 aromatic carbocycles. The number of carbonyl (C=O) groups is 1. The lowest BCUT2D eigenvalue weighted by Gasteiger charge is -2.36. The molecule has 0 spiro atoms. The molecule has 0 aliphatic heterocycles. The number of aliphatic hydroxyl groups excluding tert-OH is 1. The molecule has 0 aromatic heterocycles. The first-order chi connectivity index (χ1) is 7.92. The van der Waals surface area contributed by atoms with Crippen molar-refractivity contribution in [3.05, 3.63) is 0 Å². The van der Waals surface area contributed by atoms with Crippen LogP contribution in [0, 0.1) is 0 Å². The van der Waals surface area contributed by atoms with E-state index in [1.807, 2.05) is 46.4 Å². The third-order valence-corrected chi connectivity index (χ3v) is 2.44. The zero-order chi connectivity index (χ0) is 14.6. The summed E-state index contributed by atoms with van der Waals surface area (Å²) >= 11 is 0. The van der Waals surface area contributed by atoms with E-state index in [0.29, 0.717) is 6.54 Å². The Kier molecular flexibility index (Phi) is 6.26. The minimum Gasteiger partial charge on any atom is -0.389 e. The molecule has 0 rings (SSSR count). The fourth-order valence-corrected chi connectivity index (χ4v) is 1.42. The molecule has 108 valence electrons. The molecule has 0 saturated carbocycles. The van der Waals surface area contributed by atoms with Crippen molar-refractivity contribution in [1.29, 1.82) is 0 Å². The summed E-state index contributed by atoms with van der Waals surface area (Å²) in [5.41, 5.74) is 4.71. The van der Waals surface area contributed by atoms with Gasteiger partial charge in [-0.3, -0.25) is 9.69 Å². The van der Waals surface area contributed by atoms with Gasteiger partial charge in [-0.2, -0.15) is 0 Å². The van der Waals surface area contributed by atoms with E-state index >= 15 is 0 Å². The normalized spacial score (nSPS) is 14.9. The van der Waals surface area contributed by atoms with Crippen LogP contribution in [0.5, 0.6) is 0 Å². The summed E-state index contributed by atoms with van der Waals surface area (Å²) in [5.74, 6) is -0.395. The molecule has 1 atom stereocenters. The molecular formula is C13H28N2O3. The van der Waals surface area contributed by atoms with E-state index in [1.165, 1.54) is 0 Å². The van der Waals surface area contributed by atoms with Crippen LogP contribution in [0.4, 0.5) is 0 Å². The SMILES string of the molecule is CC(C)(C)OCC(O)CN(CC(N)=O)C(C)(C)C. The molecule has 18 heavy (non-hydrogen) atoms. The number of primary amides is 1. The zero-order valence-electron chi connectivity index (χ0n) is 12.5. The number of rotatable bonds is 6. The van der Waals surface area contributed by atoms with Crippen molar-refractivity contribution in [3.63, 3.8) is 0 Å². The number of ether oxygens (including phenoxy) is 1. The number of hydrogen-bond acceptors (Lipinski definition) is 4. The van der Waals surface area contributed by atoms with Crippen molar-refractivity contribution in [2.45, 2.75) is 58.8 Å². The number of nitrogens with two attached hydrogens (primary N) is 1. The maximum Gasteiger partial charge on any atom is 0.231 e. The molecule has 1 amide bonds. The van der Waals surface area contributed by atoms with Crippen molar-refractivity contribution in [1.82, 2.24) is 4.90 Å². The lowest BCUT2D eigenvalue weighted by atomic mass is 10.1. The highest BCUT2D eigenvalue weighted by Gasteiger charge is 2.25. The number of amides is 1. The number of hydrogen-bond donors (Lipinski definition) is 2. The van der Waals surface area contributed by atoms with Crippen molar-refractivity contribution in [3.8, 4) is 0 Å². The lowest BCUT2D eigenvalue weighted by molar-refractivity contribution is -0.121. The monoisotopic (exact) mass is 260 g/mol. The molecule has 0 saturated heterocycles. The van der Waals surface area contributed by atoms with E-state index in [0.717, 1.165) is 0 Å². The van der Waals surface area contributed by atoms with Crippen LogP contribution in [0.2, 0.25) is 0 Å². The van der Waals surface area contributed by atoms with Gasteiger partial charge < -0.3 is 15.6 Å².